The van der Waals surface area contributed by atoms with Crippen LogP contribution in [0.15, 0.2) is 0 Å². The Morgan fingerprint density at radius 3 is 3.07 bits per heavy atom. The Morgan fingerprint density at radius 2 is 2.43 bits per heavy atom. The molecular weight excluding hydrogens is 172 g/mol. The highest BCUT2D eigenvalue weighted by molar-refractivity contribution is 5.00. The molecule has 1 aliphatic heterocycles. The fourth-order valence-electron chi connectivity index (χ4n) is 2.07. The quantitative estimate of drug-likeness (QED) is 0.685. The van der Waals surface area contributed by atoms with Gasteiger partial charge in [0.15, 0.2) is 0 Å². The van der Waals surface area contributed by atoms with Crippen molar-refractivity contribution in [2.75, 3.05) is 19.6 Å². The molecule has 2 heteroatoms. The van der Waals surface area contributed by atoms with Gasteiger partial charge >= 0.3 is 0 Å². The Kier molecular flexibility index (Phi) is 5.00. The molecule has 0 aromatic rings. The summed E-state index contributed by atoms with van der Waals surface area (Å²) in [6.45, 7) is 7.80. The SMILES string of the molecule is C#CC(CCC)N1CCCNC(C)C1. The first-order valence-electron chi connectivity index (χ1n) is 5.71. The Bertz CT molecular complexity index is 195. The topological polar surface area (TPSA) is 15.3 Å². The maximum atomic E-state index is 5.57. The summed E-state index contributed by atoms with van der Waals surface area (Å²) < 4.78 is 0. The van der Waals surface area contributed by atoms with Gasteiger partial charge in [-0.05, 0) is 26.3 Å². The number of terminal acetylenes is 1. The van der Waals surface area contributed by atoms with Crippen molar-refractivity contribution in [3.63, 3.8) is 0 Å². The number of nitrogens with one attached hydrogen (secondary N) is 1. The molecule has 2 nitrogen and oxygen atoms in total. The fraction of sp³-hybridized carbons (Fsp3) is 0.833. The Morgan fingerprint density at radius 1 is 1.64 bits per heavy atom. The second-order valence-electron chi connectivity index (χ2n) is 4.17. The summed E-state index contributed by atoms with van der Waals surface area (Å²) in [7, 11) is 0. The van der Waals surface area contributed by atoms with Gasteiger partial charge in [0.2, 0.25) is 0 Å². The van der Waals surface area contributed by atoms with Crippen LogP contribution in [0.25, 0.3) is 0 Å². The summed E-state index contributed by atoms with van der Waals surface area (Å²) in [5.41, 5.74) is 0. The van der Waals surface area contributed by atoms with Crippen molar-refractivity contribution in [1.29, 1.82) is 0 Å². The van der Waals surface area contributed by atoms with E-state index in [1.807, 2.05) is 0 Å². The monoisotopic (exact) mass is 194 g/mol. The average molecular weight is 194 g/mol. The van der Waals surface area contributed by atoms with Gasteiger partial charge in [0, 0.05) is 19.1 Å². The van der Waals surface area contributed by atoms with Crippen molar-refractivity contribution in [1.82, 2.24) is 10.2 Å². The van der Waals surface area contributed by atoms with Gasteiger partial charge in [0.05, 0.1) is 6.04 Å². The van der Waals surface area contributed by atoms with E-state index in [9.17, 15) is 0 Å². The van der Waals surface area contributed by atoms with Crippen molar-refractivity contribution in [3.05, 3.63) is 0 Å². The molecule has 1 N–H and O–H groups in total. The summed E-state index contributed by atoms with van der Waals surface area (Å²) >= 11 is 0. The molecule has 0 saturated carbocycles. The molecule has 1 rings (SSSR count). The van der Waals surface area contributed by atoms with Crippen molar-refractivity contribution in [2.45, 2.75) is 45.2 Å². The van der Waals surface area contributed by atoms with Crippen LogP contribution in [-0.4, -0.2) is 36.6 Å². The van der Waals surface area contributed by atoms with E-state index in [2.05, 4.69) is 30.0 Å². The van der Waals surface area contributed by atoms with Crippen LogP contribution in [0.5, 0.6) is 0 Å². The predicted molar refractivity (Wildman–Crippen MR) is 61.2 cm³/mol. The van der Waals surface area contributed by atoms with Crippen LogP contribution >= 0.6 is 0 Å². The fourth-order valence-corrected chi connectivity index (χ4v) is 2.07. The van der Waals surface area contributed by atoms with Crippen molar-refractivity contribution in [3.8, 4) is 12.3 Å². The molecule has 0 radical (unpaired) electrons. The third-order valence-corrected chi connectivity index (χ3v) is 2.82. The molecular formula is C12H22N2. The summed E-state index contributed by atoms with van der Waals surface area (Å²) in [5, 5.41) is 3.49. The van der Waals surface area contributed by atoms with Gasteiger partial charge in [0.25, 0.3) is 0 Å². The molecule has 0 aromatic heterocycles. The van der Waals surface area contributed by atoms with Gasteiger partial charge in [-0.15, -0.1) is 6.42 Å². The summed E-state index contributed by atoms with van der Waals surface area (Å²) in [4.78, 5) is 2.45. The lowest BCUT2D eigenvalue weighted by atomic mass is 10.1. The van der Waals surface area contributed by atoms with Crippen LogP contribution in [0.3, 0.4) is 0 Å². The van der Waals surface area contributed by atoms with E-state index in [0.717, 1.165) is 26.1 Å². The first-order chi connectivity index (χ1) is 6.77. The zero-order chi connectivity index (χ0) is 10.4. The van der Waals surface area contributed by atoms with Gasteiger partial charge in [-0.1, -0.05) is 19.3 Å². The first kappa shape index (κ1) is 11.6. The third kappa shape index (κ3) is 3.32. The predicted octanol–water partition coefficient (Wildman–Crippen LogP) is 1.47. The van der Waals surface area contributed by atoms with E-state index >= 15 is 0 Å². The highest BCUT2D eigenvalue weighted by atomic mass is 15.2. The van der Waals surface area contributed by atoms with Gasteiger partial charge in [0.1, 0.15) is 0 Å². The molecule has 1 heterocycles. The summed E-state index contributed by atoms with van der Waals surface area (Å²) in [6.07, 6.45) is 9.09. The van der Waals surface area contributed by atoms with Gasteiger partial charge in [-0.3, -0.25) is 4.90 Å². The summed E-state index contributed by atoms with van der Waals surface area (Å²) in [5.74, 6) is 2.92. The first-order valence-corrected chi connectivity index (χ1v) is 5.71. The van der Waals surface area contributed by atoms with Gasteiger partial charge < -0.3 is 5.32 Å². The molecule has 1 aliphatic rings. The molecule has 1 fully saturated rings. The highest BCUT2D eigenvalue weighted by Gasteiger charge is 2.19. The molecule has 80 valence electrons. The minimum absolute atomic E-state index is 0.349. The van der Waals surface area contributed by atoms with E-state index in [4.69, 9.17) is 6.42 Å². The van der Waals surface area contributed by atoms with Crippen LogP contribution in [-0.2, 0) is 0 Å². The Balaban J connectivity index is 2.50. The number of nitrogens with zero attached hydrogens (tertiary/aromatic N) is 1. The Hall–Kier alpha value is -0.520. The van der Waals surface area contributed by atoms with Crippen LogP contribution < -0.4 is 5.32 Å². The molecule has 0 aliphatic carbocycles. The second-order valence-corrected chi connectivity index (χ2v) is 4.17. The number of hydrogen-bond acceptors (Lipinski definition) is 2. The standard InChI is InChI=1S/C12H22N2/c1-4-7-12(5-2)14-9-6-8-13-11(3)10-14/h2,11-13H,4,6-10H2,1,3H3. The summed E-state index contributed by atoms with van der Waals surface area (Å²) in [6, 6.07) is 0.924. The molecule has 2 atom stereocenters. The van der Waals surface area contributed by atoms with Gasteiger partial charge in [-0.2, -0.15) is 0 Å². The molecule has 0 bridgehead atoms. The van der Waals surface area contributed by atoms with Crippen LogP contribution in [0.2, 0.25) is 0 Å². The molecule has 0 spiro atoms. The van der Waals surface area contributed by atoms with Gasteiger partial charge in [-0.25, -0.2) is 0 Å². The van der Waals surface area contributed by atoms with E-state index in [-0.39, 0.29) is 0 Å². The van der Waals surface area contributed by atoms with Crippen LogP contribution in [0.1, 0.15) is 33.1 Å². The van der Waals surface area contributed by atoms with Crippen molar-refractivity contribution < 1.29 is 0 Å². The molecule has 1 saturated heterocycles. The molecule has 0 aromatic carbocycles. The minimum atomic E-state index is 0.349. The van der Waals surface area contributed by atoms with E-state index in [0.29, 0.717) is 12.1 Å². The zero-order valence-corrected chi connectivity index (χ0v) is 9.42. The molecule has 14 heavy (non-hydrogen) atoms. The minimum Gasteiger partial charge on any atom is -0.313 e. The number of hydrogen-bond donors (Lipinski definition) is 1. The van der Waals surface area contributed by atoms with Crippen LogP contribution in [0, 0.1) is 12.3 Å². The maximum Gasteiger partial charge on any atom is 0.0712 e. The van der Waals surface area contributed by atoms with E-state index in [1.165, 1.54) is 12.8 Å². The second kappa shape index (κ2) is 6.06. The largest absolute Gasteiger partial charge is 0.313 e. The van der Waals surface area contributed by atoms with Crippen molar-refractivity contribution >= 4 is 0 Å². The number of rotatable bonds is 3. The lowest BCUT2D eigenvalue weighted by Gasteiger charge is -2.27. The lowest BCUT2D eigenvalue weighted by molar-refractivity contribution is 0.225. The van der Waals surface area contributed by atoms with E-state index < -0.39 is 0 Å². The van der Waals surface area contributed by atoms with Crippen LogP contribution in [0.4, 0.5) is 0 Å². The Labute approximate surface area is 88.1 Å². The molecule has 0 amide bonds. The van der Waals surface area contributed by atoms with Crippen molar-refractivity contribution in [2.24, 2.45) is 0 Å². The smallest absolute Gasteiger partial charge is 0.0712 e. The lowest BCUT2D eigenvalue weighted by Crippen LogP contribution is -2.40. The third-order valence-electron chi connectivity index (χ3n) is 2.82. The normalized spacial score (nSPS) is 26.5. The van der Waals surface area contributed by atoms with E-state index in [1.54, 1.807) is 0 Å². The average Bonchev–Trinajstić information content (AvgIpc) is 2.39. The highest BCUT2D eigenvalue weighted by Crippen LogP contribution is 2.10. The molecule has 2 unspecified atom stereocenters. The maximum absolute atomic E-state index is 5.57. The zero-order valence-electron chi connectivity index (χ0n) is 9.42.